The number of ether oxygens (including phenoxy) is 4. The van der Waals surface area contributed by atoms with Crippen molar-refractivity contribution < 1.29 is 18.9 Å². The maximum Gasteiger partial charge on any atom is 0.256 e. The summed E-state index contributed by atoms with van der Waals surface area (Å²) in [7, 11) is 0. The molecule has 2 atom stereocenters. The fourth-order valence-corrected chi connectivity index (χ4v) is 6.68. The van der Waals surface area contributed by atoms with Crippen molar-refractivity contribution in [1.29, 1.82) is 0 Å². The highest BCUT2D eigenvalue weighted by atomic mass is 35.5. The van der Waals surface area contributed by atoms with Crippen LogP contribution in [-0.2, 0) is 16.0 Å². The smallest absolute Gasteiger partial charge is 0.256 e. The molecule has 4 aromatic rings. The normalized spacial score (nSPS) is 22.6. The molecular formula is C32H41ClN10O4. The Labute approximate surface area is 278 Å². The number of nitrogens with zero attached hydrogens (tertiary/aromatic N) is 9. The van der Waals surface area contributed by atoms with Crippen LogP contribution in [0.4, 0.5) is 11.6 Å². The van der Waals surface area contributed by atoms with Crippen molar-refractivity contribution in [3.05, 3.63) is 48.1 Å². The van der Waals surface area contributed by atoms with Gasteiger partial charge in [-0.2, -0.15) is 0 Å². The summed E-state index contributed by atoms with van der Waals surface area (Å²) in [6.45, 7) is 8.21. The topological polar surface area (TPSA) is 139 Å². The van der Waals surface area contributed by atoms with E-state index >= 15 is 0 Å². The van der Waals surface area contributed by atoms with Crippen LogP contribution in [0.2, 0.25) is 5.02 Å². The predicted octanol–water partition coefficient (Wildman–Crippen LogP) is 4.42. The number of halogens is 1. The van der Waals surface area contributed by atoms with Gasteiger partial charge in [0.1, 0.15) is 23.9 Å². The zero-order chi connectivity index (χ0) is 32.0. The summed E-state index contributed by atoms with van der Waals surface area (Å²) >= 11 is 6.46. The molecule has 1 aromatic carbocycles. The number of hydrogen-bond donors (Lipinski definition) is 1. The van der Waals surface area contributed by atoms with Crippen molar-refractivity contribution >= 4 is 23.2 Å². The van der Waals surface area contributed by atoms with Gasteiger partial charge in [0.2, 0.25) is 5.95 Å². The summed E-state index contributed by atoms with van der Waals surface area (Å²) in [6.07, 6.45) is 12.4. The third kappa shape index (κ3) is 8.00. The van der Waals surface area contributed by atoms with Gasteiger partial charge in [-0.15, -0.1) is 10.2 Å². The van der Waals surface area contributed by atoms with Crippen LogP contribution in [0, 0.1) is 5.92 Å². The first kappa shape index (κ1) is 31.7. The minimum atomic E-state index is -0.201. The average molecular weight is 665 g/mol. The Kier molecular flexibility index (Phi) is 10.1. The number of aromatic nitrogens is 8. The van der Waals surface area contributed by atoms with Crippen LogP contribution < -0.4 is 14.8 Å². The van der Waals surface area contributed by atoms with E-state index < -0.39 is 0 Å². The second-order valence-electron chi connectivity index (χ2n) is 12.5. The van der Waals surface area contributed by atoms with E-state index in [2.05, 4.69) is 40.4 Å². The lowest BCUT2D eigenvalue weighted by Gasteiger charge is -2.38. The molecule has 14 nitrogen and oxygen atoms in total. The van der Waals surface area contributed by atoms with E-state index in [1.807, 2.05) is 31.3 Å². The molecule has 250 valence electrons. The molecule has 2 aliphatic heterocycles. The molecule has 0 amide bonds. The van der Waals surface area contributed by atoms with Gasteiger partial charge >= 0.3 is 0 Å². The monoisotopic (exact) mass is 664 g/mol. The van der Waals surface area contributed by atoms with Crippen LogP contribution in [0.25, 0.3) is 11.1 Å². The molecular weight excluding hydrogens is 624 g/mol. The molecule has 0 spiro atoms. The number of rotatable bonds is 12. The zero-order valence-corrected chi connectivity index (χ0v) is 27.3. The van der Waals surface area contributed by atoms with Gasteiger partial charge < -0.3 is 24.3 Å². The van der Waals surface area contributed by atoms with Crippen molar-refractivity contribution in [3.8, 4) is 22.8 Å². The van der Waals surface area contributed by atoms with Crippen LogP contribution in [0.1, 0.15) is 45.1 Å². The Morgan fingerprint density at radius 1 is 1.00 bits per heavy atom. The van der Waals surface area contributed by atoms with Gasteiger partial charge in [0.05, 0.1) is 50.2 Å². The first-order valence-electron chi connectivity index (χ1n) is 16.5. The number of tetrazole rings is 1. The summed E-state index contributed by atoms with van der Waals surface area (Å²) in [4.78, 5) is 11.8. The first-order valence-corrected chi connectivity index (χ1v) is 16.8. The fraction of sp³-hybridized carbons (Fsp3) is 0.562. The van der Waals surface area contributed by atoms with Crippen molar-refractivity contribution in [2.75, 3.05) is 51.4 Å². The van der Waals surface area contributed by atoms with E-state index in [-0.39, 0.29) is 6.10 Å². The number of anilines is 2. The molecule has 15 heteroatoms. The van der Waals surface area contributed by atoms with Crippen LogP contribution in [0.3, 0.4) is 0 Å². The maximum atomic E-state index is 6.46. The minimum absolute atomic E-state index is 0.201. The molecule has 3 fully saturated rings. The largest absolute Gasteiger partial charge is 0.487 e. The summed E-state index contributed by atoms with van der Waals surface area (Å²) in [5, 5.41) is 20.0. The van der Waals surface area contributed by atoms with E-state index in [9.17, 15) is 0 Å². The van der Waals surface area contributed by atoms with Crippen molar-refractivity contribution in [1.82, 2.24) is 44.9 Å². The van der Waals surface area contributed by atoms with Crippen molar-refractivity contribution in [2.24, 2.45) is 5.92 Å². The van der Waals surface area contributed by atoms with E-state index in [0.717, 1.165) is 88.4 Å². The van der Waals surface area contributed by atoms with Gasteiger partial charge in [0, 0.05) is 49.6 Å². The number of morpholine rings is 1. The number of hydrogen-bond acceptors (Lipinski definition) is 12. The Morgan fingerprint density at radius 2 is 1.81 bits per heavy atom. The number of nitrogens with one attached hydrogen (secondary N) is 1. The van der Waals surface area contributed by atoms with Gasteiger partial charge in [-0.05, 0) is 67.2 Å². The van der Waals surface area contributed by atoms with Crippen molar-refractivity contribution in [2.45, 2.75) is 63.8 Å². The molecule has 0 bridgehead atoms. The molecule has 5 heterocycles. The lowest BCUT2D eigenvalue weighted by Crippen LogP contribution is -2.45. The van der Waals surface area contributed by atoms with Gasteiger partial charge in [-0.1, -0.05) is 17.7 Å². The first-order chi connectivity index (χ1) is 23.1. The second-order valence-corrected chi connectivity index (χ2v) is 12.9. The lowest BCUT2D eigenvalue weighted by atomic mass is 9.90. The second kappa shape index (κ2) is 14.9. The Hall–Kier alpha value is -3.85. The lowest BCUT2D eigenvalue weighted by molar-refractivity contribution is 0.00502. The molecule has 3 aliphatic rings. The summed E-state index contributed by atoms with van der Waals surface area (Å²) in [6, 6.07) is 6.56. The van der Waals surface area contributed by atoms with Crippen LogP contribution in [0.15, 0.2) is 43.1 Å². The Balaban J connectivity index is 1.03. The molecule has 0 unspecified atom stereocenters. The molecule has 1 aliphatic carbocycles. The van der Waals surface area contributed by atoms with Crippen LogP contribution in [0.5, 0.6) is 11.6 Å². The van der Waals surface area contributed by atoms with E-state index in [1.165, 1.54) is 0 Å². The van der Waals surface area contributed by atoms with Gasteiger partial charge in [-0.25, -0.2) is 14.6 Å². The maximum absolute atomic E-state index is 6.46. The molecule has 3 aromatic heterocycles. The average Bonchev–Trinajstić information content (AvgIpc) is 3.89. The standard InChI is InChI=1S/C32H41ClN10O4/c1-22(17-42-21-36-39-40-42)47-30-14-24(2-7-28(30)33)25-15-34-32(35-16-25)37-29-18-43(38-31(29)46-20-23-8-11-45-19-23)27-5-3-26(4-6-27)41-9-12-44-13-10-41/h2,7,14-16,18,21-23,26-27H,3-6,8-13,17,19-20H2,1H3,(H,34,35,37)/t22-,23-,26-,27-/m0/s1. The Morgan fingerprint density at radius 3 is 2.55 bits per heavy atom. The molecule has 7 rings (SSSR count). The minimum Gasteiger partial charge on any atom is -0.487 e. The fourth-order valence-electron chi connectivity index (χ4n) is 6.51. The highest BCUT2D eigenvalue weighted by Gasteiger charge is 2.29. The van der Waals surface area contributed by atoms with Crippen molar-refractivity contribution in [3.63, 3.8) is 0 Å². The van der Waals surface area contributed by atoms with Gasteiger partial charge in [0.15, 0.2) is 0 Å². The summed E-state index contributed by atoms with van der Waals surface area (Å²) in [5.74, 6) is 1.95. The molecule has 1 saturated carbocycles. The van der Waals surface area contributed by atoms with Gasteiger partial charge in [-0.3, -0.25) is 9.58 Å². The molecule has 2 saturated heterocycles. The van der Waals surface area contributed by atoms with E-state index in [1.54, 1.807) is 23.4 Å². The van der Waals surface area contributed by atoms with Crippen LogP contribution >= 0.6 is 11.6 Å². The van der Waals surface area contributed by atoms with E-state index in [4.69, 9.17) is 35.6 Å². The highest BCUT2D eigenvalue weighted by Crippen LogP contribution is 2.36. The number of benzene rings is 1. The van der Waals surface area contributed by atoms with E-state index in [0.29, 0.717) is 53.8 Å². The highest BCUT2D eigenvalue weighted by molar-refractivity contribution is 6.32. The third-order valence-corrected chi connectivity index (χ3v) is 9.42. The van der Waals surface area contributed by atoms with Crippen LogP contribution in [-0.4, -0.2) is 103 Å². The summed E-state index contributed by atoms with van der Waals surface area (Å²) in [5.41, 5.74) is 2.47. The zero-order valence-electron chi connectivity index (χ0n) is 26.6. The quantitative estimate of drug-likeness (QED) is 0.229. The Bertz CT molecular complexity index is 1570. The molecule has 47 heavy (non-hydrogen) atoms. The summed E-state index contributed by atoms with van der Waals surface area (Å²) < 4.78 is 27.2. The van der Waals surface area contributed by atoms with Gasteiger partial charge in [0.25, 0.3) is 5.88 Å². The third-order valence-electron chi connectivity index (χ3n) is 9.11. The predicted molar refractivity (Wildman–Crippen MR) is 174 cm³/mol. The molecule has 1 N–H and O–H groups in total. The molecule has 0 radical (unpaired) electrons. The SMILES string of the molecule is C[C@@H](Cn1cnnn1)Oc1cc(-c2cnc(Nc3cn([C@H]4CC[C@H](N5CCOCC5)CC4)nc3OC[C@H]3CCOC3)nc2)ccc1Cl.